The molecule has 32 heavy (non-hydrogen) atoms. The molecule has 1 saturated heterocycles. The third-order valence-electron chi connectivity index (χ3n) is 5.09. The van der Waals surface area contributed by atoms with Gasteiger partial charge in [0.2, 0.25) is 10.0 Å². The zero-order valence-corrected chi connectivity index (χ0v) is 20.0. The van der Waals surface area contributed by atoms with Gasteiger partial charge in [-0.15, -0.1) is 0 Å². The molecule has 9 heteroatoms. The van der Waals surface area contributed by atoms with Gasteiger partial charge in [-0.25, -0.2) is 13.1 Å². The Bertz CT molecular complexity index is 1050. The molecular weight excluding hydrogens is 452 g/mol. The number of hydrogen-bond donors (Lipinski definition) is 2. The first kappa shape index (κ1) is 24.5. The Hall–Kier alpha value is -2.13. The van der Waals surface area contributed by atoms with E-state index in [0.29, 0.717) is 6.61 Å². The molecule has 1 aliphatic heterocycles. The molecule has 0 spiro atoms. The summed E-state index contributed by atoms with van der Waals surface area (Å²) in [5, 5.41) is 2.94. The average Bonchev–Trinajstić information content (AvgIpc) is 3.26. The minimum absolute atomic E-state index is 0.0402. The minimum Gasteiger partial charge on any atom is -0.491 e. The normalized spacial score (nSPS) is 17.3. The zero-order chi connectivity index (χ0) is 23.3. The van der Waals surface area contributed by atoms with Crippen LogP contribution in [0.5, 0.6) is 5.75 Å². The summed E-state index contributed by atoms with van der Waals surface area (Å²) in [6.45, 7) is 6.54. The maximum absolute atomic E-state index is 12.8. The Kier molecular flexibility index (Phi) is 8.16. The fourth-order valence-electron chi connectivity index (χ4n) is 3.43. The van der Waals surface area contributed by atoms with Crippen LogP contribution in [0.4, 0.5) is 0 Å². The predicted octanol–water partition coefficient (Wildman–Crippen LogP) is 4.08. The third kappa shape index (κ3) is 6.45. The molecule has 0 aromatic heterocycles. The highest BCUT2D eigenvalue weighted by Gasteiger charge is 2.24. The number of carbonyl (C=O) groups excluding carboxylic acids is 1. The first-order valence-corrected chi connectivity index (χ1v) is 12.5. The molecule has 1 heterocycles. The highest BCUT2D eigenvalue weighted by Crippen LogP contribution is 2.24. The molecule has 1 aliphatic rings. The van der Waals surface area contributed by atoms with Crippen molar-refractivity contribution in [3.8, 4) is 5.75 Å². The van der Waals surface area contributed by atoms with Crippen molar-refractivity contribution in [2.45, 2.75) is 56.8 Å². The van der Waals surface area contributed by atoms with E-state index >= 15 is 0 Å². The highest BCUT2D eigenvalue weighted by molar-refractivity contribution is 7.89. The van der Waals surface area contributed by atoms with Crippen LogP contribution in [0, 0.1) is 0 Å². The van der Waals surface area contributed by atoms with E-state index in [-0.39, 0.29) is 40.3 Å². The lowest BCUT2D eigenvalue weighted by Crippen LogP contribution is -2.32. The first-order chi connectivity index (χ1) is 15.2. The molecule has 0 saturated carbocycles. The fourth-order valence-corrected chi connectivity index (χ4v) is 5.02. The van der Waals surface area contributed by atoms with Gasteiger partial charge in [-0.3, -0.25) is 4.79 Å². The molecule has 2 aromatic carbocycles. The van der Waals surface area contributed by atoms with Crippen molar-refractivity contribution in [2.75, 3.05) is 13.2 Å². The van der Waals surface area contributed by atoms with E-state index < -0.39 is 15.9 Å². The van der Waals surface area contributed by atoms with Gasteiger partial charge in [0.1, 0.15) is 10.6 Å². The lowest BCUT2D eigenvalue weighted by Gasteiger charge is -2.17. The van der Waals surface area contributed by atoms with Crippen molar-refractivity contribution in [3.05, 3.63) is 58.6 Å². The molecule has 7 nitrogen and oxygen atoms in total. The van der Waals surface area contributed by atoms with Crippen molar-refractivity contribution in [1.82, 2.24) is 10.0 Å². The molecule has 1 amide bonds. The van der Waals surface area contributed by atoms with Gasteiger partial charge in [-0.05, 0) is 69.5 Å². The van der Waals surface area contributed by atoms with Crippen LogP contribution in [0.25, 0.3) is 0 Å². The molecule has 1 fully saturated rings. The van der Waals surface area contributed by atoms with E-state index in [1.54, 1.807) is 0 Å². The van der Waals surface area contributed by atoms with E-state index in [1.165, 1.54) is 18.2 Å². The molecule has 2 unspecified atom stereocenters. The van der Waals surface area contributed by atoms with Gasteiger partial charge in [0, 0.05) is 18.7 Å². The van der Waals surface area contributed by atoms with Crippen molar-refractivity contribution in [1.29, 1.82) is 0 Å². The summed E-state index contributed by atoms with van der Waals surface area (Å²) in [7, 11) is -3.89. The quantitative estimate of drug-likeness (QED) is 0.564. The van der Waals surface area contributed by atoms with E-state index in [9.17, 15) is 13.2 Å². The second kappa shape index (κ2) is 10.7. The topological polar surface area (TPSA) is 93.7 Å². The minimum atomic E-state index is -3.89. The molecule has 2 aromatic rings. The summed E-state index contributed by atoms with van der Waals surface area (Å²) in [4.78, 5) is 12.7. The fraction of sp³-hybridized carbons (Fsp3) is 0.435. The Balaban J connectivity index is 1.71. The van der Waals surface area contributed by atoms with Gasteiger partial charge >= 0.3 is 0 Å². The van der Waals surface area contributed by atoms with Gasteiger partial charge in [0.05, 0.1) is 23.3 Å². The second-order valence-corrected chi connectivity index (χ2v) is 10.2. The third-order valence-corrected chi connectivity index (χ3v) is 6.99. The number of rotatable bonds is 9. The summed E-state index contributed by atoms with van der Waals surface area (Å²) in [5.41, 5.74) is 1.07. The van der Waals surface area contributed by atoms with Gasteiger partial charge in [-0.1, -0.05) is 23.7 Å². The van der Waals surface area contributed by atoms with Crippen LogP contribution < -0.4 is 14.8 Å². The van der Waals surface area contributed by atoms with Crippen LogP contribution in [0.15, 0.2) is 47.4 Å². The summed E-state index contributed by atoms with van der Waals surface area (Å²) in [5.74, 6) is 0.315. The highest BCUT2D eigenvalue weighted by atomic mass is 35.5. The lowest BCUT2D eigenvalue weighted by molar-refractivity contribution is 0.0939. The first-order valence-electron chi connectivity index (χ1n) is 10.6. The van der Waals surface area contributed by atoms with Crippen molar-refractivity contribution in [2.24, 2.45) is 0 Å². The Morgan fingerprint density at radius 1 is 1.22 bits per heavy atom. The monoisotopic (exact) mass is 480 g/mol. The number of hydrogen-bond acceptors (Lipinski definition) is 5. The number of sulfonamides is 1. The maximum Gasteiger partial charge on any atom is 0.251 e. The second-order valence-electron chi connectivity index (χ2n) is 8.07. The number of halogens is 1. The van der Waals surface area contributed by atoms with Crippen molar-refractivity contribution in [3.63, 3.8) is 0 Å². The summed E-state index contributed by atoms with van der Waals surface area (Å²) < 4.78 is 39.2. The van der Waals surface area contributed by atoms with Gasteiger partial charge in [0.15, 0.2) is 0 Å². The van der Waals surface area contributed by atoms with Crippen molar-refractivity contribution >= 4 is 27.5 Å². The number of carbonyl (C=O) groups is 1. The van der Waals surface area contributed by atoms with Crippen LogP contribution in [0.3, 0.4) is 0 Å². The molecule has 2 N–H and O–H groups in total. The van der Waals surface area contributed by atoms with Crippen LogP contribution >= 0.6 is 11.6 Å². The van der Waals surface area contributed by atoms with Crippen LogP contribution in [0.2, 0.25) is 5.02 Å². The molecule has 3 rings (SSSR count). The molecule has 2 atom stereocenters. The van der Waals surface area contributed by atoms with Crippen LogP contribution in [-0.4, -0.2) is 39.7 Å². The lowest BCUT2D eigenvalue weighted by atomic mass is 10.1. The number of ether oxygens (including phenoxy) is 2. The Morgan fingerprint density at radius 3 is 2.69 bits per heavy atom. The summed E-state index contributed by atoms with van der Waals surface area (Å²) >= 11 is 6.15. The van der Waals surface area contributed by atoms with E-state index in [0.717, 1.165) is 24.2 Å². The summed E-state index contributed by atoms with van der Waals surface area (Å²) in [6.07, 6.45) is 1.61. The van der Waals surface area contributed by atoms with E-state index in [2.05, 4.69) is 10.0 Å². The average molecular weight is 481 g/mol. The molecular formula is C23H29ClN2O5S. The number of benzene rings is 2. The SMILES string of the molecule is CC(C)Oc1cccc(C(C)NC(=O)c2ccc(Cl)c(S(=O)(=O)NCC3CCCO3)c2)c1. The van der Waals surface area contributed by atoms with E-state index in [4.69, 9.17) is 21.1 Å². The van der Waals surface area contributed by atoms with Crippen LogP contribution in [-0.2, 0) is 14.8 Å². The molecule has 0 aliphatic carbocycles. The zero-order valence-electron chi connectivity index (χ0n) is 18.4. The Morgan fingerprint density at radius 2 is 2.00 bits per heavy atom. The van der Waals surface area contributed by atoms with Gasteiger partial charge < -0.3 is 14.8 Å². The summed E-state index contributed by atoms with van der Waals surface area (Å²) in [6, 6.07) is 11.4. The van der Waals surface area contributed by atoms with Gasteiger partial charge in [0.25, 0.3) is 5.91 Å². The number of nitrogens with one attached hydrogen (secondary N) is 2. The maximum atomic E-state index is 12.8. The largest absolute Gasteiger partial charge is 0.491 e. The van der Waals surface area contributed by atoms with Gasteiger partial charge in [-0.2, -0.15) is 0 Å². The predicted molar refractivity (Wildman–Crippen MR) is 124 cm³/mol. The molecule has 0 radical (unpaired) electrons. The van der Waals surface area contributed by atoms with E-state index in [1.807, 2.05) is 45.0 Å². The van der Waals surface area contributed by atoms with Crippen LogP contribution in [0.1, 0.15) is 55.6 Å². The smallest absolute Gasteiger partial charge is 0.251 e. The Labute approximate surface area is 194 Å². The standard InChI is InChI=1S/C23H29ClN2O5S/c1-15(2)31-19-7-4-6-17(12-19)16(3)26-23(27)18-9-10-21(24)22(13-18)32(28,29)25-14-20-8-5-11-30-20/h4,6-7,9-10,12-13,15-16,20,25H,5,8,11,14H2,1-3H3,(H,26,27). The molecule has 0 bridgehead atoms. The molecule has 174 valence electrons. The number of amides is 1. The van der Waals surface area contributed by atoms with Crippen molar-refractivity contribution < 1.29 is 22.7 Å².